The Morgan fingerprint density at radius 3 is 2.65 bits per heavy atom. The van der Waals surface area contributed by atoms with Crippen molar-refractivity contribution in [3.05, 3.63) is 29.6 Å². The number of carboxylic acid groups (broad SMARTS) is 1. The third-order valence-electron chi connectivity index (χ3n) is 2.35. The molecule has 0 fully saturated rings. The maximum Gasteiger partial charge on any atom is 0.335 e. The first-order valence-corrected chi connectivity index (χ1v) is 5.21. The Bertz CT molecular complexity index is 418. The summed E-state index contributed by atoms with van der Waals surface area (Å²) < 4.78 is 18.7. The zero-order valence-electron chi connectivity index (χ0n) is 9.87. The van der Waals surface area contributed by atoms with Crippen LogP contribution in [0, 0.1) is 11.2 Å². The molecule has 0 amide bonds. The highest BCUT2D eigenvalue weighted by Crippen LogP contribution is 2.21. The predicted molar refractivity (Wildman–Crippen MR) is 61.7 cm³/mol. The number of hydrogen-bond donors (Lipinski definition) is 2. The number of carboxylic acids is 1. The van der Waals surface area contributed by atoms with Gasteiger partial charge in [-0.1, -0.05) is 13.8 Å². The molecule has 1 aromatic carbocycles. The van der Waals surface area contributed by atoms with Crippen LogP contribution in [0.15, 0.2) is 18.2 Å². The van der Waals surface area contributed by atoms with Gasteiger partial charge in [-0.25, -0.2) is 9.18 Å². The molecule has 0 saturated carbocycles. The molecule has 4 nitrogen and oxygen atoms in total. The molecule has 0 aliphatic rings. The molecule has 1 aromatic rings. The molecule has 0 spiro atoms. The average molecular weight is 241 g/mol. The molecule has 3 N–H and O–H groups in total. The van der Waals surface area contributed by atoms with Crippen LogP contribution < -0.4 is 10.5 Å². The zero-order chi connectivity index (χ0) is 13.1. The number of carbonyl (C=O) groups is 1. The monoisotopic (exact) mass is 241 g/mol. The van der Waals surface area contributed by atoms with Crippen LogP contribution >= 0.6 is 0 Å². The van der Waals surface area contributed by atoms with E-state index in [4.69, 9.17) is 15.6 Å². The highest BCUT2D eigenvalue weighted by molar-refractivity contribution is 5.87. The van der Waals surface area contributed by atoms with Crippen LogP contribution in [0.3, 0.4) is 0 Å². The minimum absolute atomic E-state index is 0.0384. The Morgan fingerprint density at radius 1 is 1.53 bits per heavy atom. The Kier molecular flexibility index (Phi) is 4.07. The third-order valence-corrected chi connectivity index (χ3v) is 2.35. The molecule has 0 aliphatic heterocycles. The van der Waals surface area contributed by atoms with Crippen molar-refractivity contribution in [3.63, 3.8) is 0 Å². The number of aromatic carboxylic acids is 1. The lowest BCUT2D eigenvalue weighted by Gasteiger charge is -2.22. The number of rotatable bonds is 5. The van der Waals surface area contributed by atoms with Crippen LogP contribution in [0.2, 0.25) is 0 Å². The van der Waals surface area contributed by atoms with E-state index in [0.717, 1.165) is 6.07 Å². The SMILES string of the molecule is CC(C)(CN)COc1ccc(C(=O)O)cc1F. The van der Waals surface area contributed by atoms with E-state index in [0.29, 0.717) is 6.54 Å². The van der Waals surface area contributed by atoms with E-state index in [9.17, 15) is 9.18 Å². The third kappa shape index (κ3) is 3.71. The van der Waals surface area contributed by atoms with Crippen molar-refractivity contribution in [2.24, 2.45) is 11.1 Å². The van der Waals surface area contributed by atoms with E-state index in [2.05, 4.69) is 0 Å². The first kappa shape index (κ1) is 13.4. The van der Waals surface area contributed by atoms with Gasteiger partial charge in [0.1, 0.15) is 0 Å². The van der Waals surface area contributed by atoms with Crippen molar-refractivity contribution >= 4 is 5.97 Å². The number of nitrogens with two attached hydrogens (primary N) is 1. The Labute approximate surface area is 99.2 Å². The largest absolute Gasteiger partial charge is 0.490 e. The second kappa shape index (κ2) is 5.14. The zero-order valence-corrected chi connectivity index (χ0v) is 9.87. The molecule has 0 atom stereocenters. The van der Waals surface area contributed by atoms with E-state index in [1.165, 1.54) is 12.1 Å². The van der Waals surface area contributed by atoms with Gasteiger partial charge in [0.05, 0.1) is 12.2 Å². The summed E-state index contributed by atoms with van der Waals surface area (Å²) in [6.07, 6.45) is 0. The summed E-state index contributed by atoms with van der Waals surface area (Å²) in [7, 11) is 0. The molecule has 1 rings (SSSR count). The van der Waals surface area contributed by atoms with Crippen LogP contribution in [0.25, 0.3) is 0 Å². The molecule has 0 aliphatic carbocycles. The van der Waals surface area contributed by atoms with Gasteiger partial charge in [-0.15, -0.1) is 0 Å². The van der Waals surface area contributed by atoms with Crippen molar-refractivity contribution in [1.82, 2.24) is 0 Å². The van der Waals surface area contributed by atoms with Crippen molar-refractivity contribution in [2.75, 3.05) is 13.2 Å². The molecular weight excluding hydrogens is 225 g/mol. The molecule has 94 valence electrons. The summed E-state index contributed by atoms with van der Waals surface area (Å²) in [6, 6.07) is 3.55. The fourth-order valence-corrected chi connectivity index (χ4v) is 1.08. The normalized spacial score (nSPS) is 11.3. The standard InChI is InChI=1S/C12H16FNO3/c1-12(2,6-14)7-17-10-4-3-8(11(15)16)5-9(10)13/h3-5H,6-7,14H2,1-2H3,(H,15,16). The Hall–Kier alpha value is -1.62. The maximum atomic E-state index is 13.5. The highest BCUT2D eigenvalue weighted by Gasteiger charge is 2.18. The van der Waals surface area contributed by atoms with E-state index in [1.54, 1.807) is 0 Å². The number of halogens is 1. The van der Waals surface area contributed by atoms with Crippen molar-refractivity contribution in [3.8, 4) is 5.75 Å². The summed E-state index contributed by atoms with van der Waals surface area (Å²) >= 11 is 0. The number of benzene rings is 1. The Balaban J connectivity index is 2.77. The van der Waals surface area contributed by atoms with Crippen LogP contribution in [0.1, 0.15) is 24.2 Å². The highest BCUT2D eigenvalue weighted by atomic mass is 19.1. The summed E-state index contributed by atoms with van der Waals surface area (Å²) in [6.45, 7) is 4.49. The van der Waals surface area contributed by atoms with Gasteiger partial charge < -0.3 is 15.6 Å². The second-order valence-corrected chi connectivity index (χ2v) is 4.61. The number of hydrogen-bond acceptors (Lipinski definition) is 3. The van der Waals surface area contributed by atoms with E-state index < -0.39 is 11.8 Å². The maximum absolute atomic E-state index is 13.5. The summed E-state index contributed by atoms with van der Waals surface area (Å²) in [5.41, 5.74) is 5.17. The molecule has 0 bridgehead atoms. The lowest BCUT2D eigenvalue weighted by molar-refractivity contribution is 0.0696. The quantitative estimate of drug-likeness (QED) is 0.825. The summed E-state index contributed by atoms with van der Waals surface area (Å²) in [5.74, 6) is -1.81. The molecule has 17 heavy (non-hydrogen) atoms. The van der Waals surface area contributed by atoms with Gasteiger partial charge in [0.15, 0.2) is 11.6 Å². The minimum Gasteiger partial charge on any atom is -0.490 e. The first-order chi connectivity index (χ1) is 7.85. The second-order valence-electron chi connectivity index (χ2n) is 4.61. The van der Waals surface area contributed by atoms with Crippen molar-refractivity contribution < 1.29 is 19.0 Å². The topological polar surface area (TPSA) is 72.5 Å². The lowest BCUT2D eigenvalue weighted by atomic mass is 9.95. The van der Waals surface area contributed by atoms with Gasteiger partial charge in [0.25, 0.3) is 0 Å². The van der Waals surface area contributed by atoms with Gasteiger partial charge >= 0.3 is 5.97 Å². The molecule has 5 heteroatoms. The van der Waals surface area contributed by atoms with Gasteiger partial charge in [-0.05, 0) is 18.2 Å². The smallest absolute Gasteiger partial charge is 0.335 e. The molecule has 0 aromatic heterocycles. The van der Waals surface area contributed by atoms with Crippen LogP contribution in [0.4, 0.5) is 4.39 Å². The average Bonchev–Trinajstić information content (AvgIpc) is 2.27. The van der Waals surface area contributed by atoms with Gasteiger partial charge in [0.2, 0.25) is 0 Å². The predicted octanol–water partition coefficient (Wildman–Crippen LogP) is 1.89. The summed E-state index contributed by atoms with van der Waals surface area (Å²) in [4.78, 5) is 10.6. The van der Waals surface area contributed by atoms with Gasteiger partial charge in [0, 0.05) is 12.0 Å². The van der Waals surface area contributed by atoms with E-state index >= 15 is 0 Å². The van der Waals surface area contributed by atoms with Gasteiger partial charge in [-0.2, -0.15) is 0 Å². The molecule has 0 radical (unpaired) electrons. The molecule has 0 saturated heterocycles. The Morgan fingerprint density at radius 2 is 2.18 bits per heavy atom. The van der Waals surface area contributed by atoms with Crippen LogP contribution in [-0.4, -0.2) is 24.2 Å². The van der Waals surface area contributed by atoms with E-state index in [1.807, 2.05) is 13.8 Å². The number of ether oxygens (including phenoxy) is 1. The van der Waals surface area contributed by atoms with Crippen molar-refractivity contribution in [2.45, 2.75) is 13.8 Å². The van der Waals surface area contributed by atoms with Gasteiger partial charge in [-0.3, -0.25) is 0 Å². The van der Waals surface area contributed by atoms with E-state index in [-0.39, 0.29) is 23.3 Å². The lowest BCUT2D eigenvalue weighted by Crippen LogP contribution is -2.30. The minimum atomic E-state index is -1.17. The summed E-state index contributed by atoms with van der Waals surface area (Å²) in [5, 5.41) is 8.67. The fourth-order valence-electron chi connectivity index (χ4n) is 1.08. The molecule has 0 unspecified atom stereocenters. The van der Waals surface area contributed by atoms with Crippen LogP contribution in [0.5, 0.6) is 5.75 Å². The molecular formula is C12H16FNO3. The molecule has 0 heterocycles. The first-order valence-electron chi connectivity index (χ1n) is 5.21. The van der Waals surface area contributed by atoms with Crippen molar-refractivity contribution in [1.29, 1.82) is 0 Å². The van der Waals surface area contributed by atoms with Crippen LogP contribution in [-0.2, 0) is 0 Å². The fraction of sp³-hybridized carbons (Fsp3) is 0.417.